The molecule has 1 amide bonds. The molecule has 4 rings (SSSR count). The Morgan fingerprint density at radius 1 is 1.19 bits per heavy atom. The van der Waals surface area contributed by atoms with Crippen LogP contribution in [0.5, 0.6) is 0 Å². The van der Waals surface area contributed by atoms with Crippen LogP contribution in [-0.4, -0.2) is 34.1 Å². The summed E-state index contributed by atoms with van der Waals surface area (Å²) in [6.07, 6.45) is 7.61. The number of esters is 1. The van der Waals surface area contributed by atoms with Gasteiger partial charge in [0.2, 0.25) is 5.91 Å². The van der Waals surface area contributed by atoms with Crippen molar-refractivity contribution in [3.8, 4) is 11.3 Å². The minimum atomic E-state index is -0.265. The predicted octanol–water partition coefficient (Wildman–Crippen LogP) is 4.10. The number of pyridine rings is 1. The molecule has 1 N–H and O–H groups in total. The lowest BCUT2D eigenvalue weighted by Crippen LogP contribution is -2.40. The first-order valence-corrected chi connectivity index (χ1v) is 10.7. The molecule has 6 heteroatoms. The van der Waals surface area contributed by atoms with Gasteiger partial charge in [0.05, 0.1) is 18.2 Å². The number of nitrogens with one attached hydrogen (secondary N) is 1. The summed E-state index contributed by atoms with van der Waals surface area (Å²) in [4.78, 5) is 29.4. The molecule has 2 unspecified atom stereocenters. The Morgan fingerprint density at radius 2 is 2.00 bits per heavy atom. The molecule has 2 heterocycles. The monoisotopic (exact) mass is 417 g/mol. The Balaban J connectivity index is 1.61. The zero-order valence-corrected chi connectivity index (χ0v) is 17.9. The van der Waals surface area contributed by atoms with Gasteiger partial charge in [0, 0.05) is 36.3 Å². The highest BCUT2D eigenvalue weighted by Crippen LogP contribution is 2.33. The first kappa shape index (κ1) is 20.8. The van der Waals surface area contributed by atoms with Crippen LogP contribution in [0.3, 0.4) is 0 Å². The van der Waals surface area contributed by atoms with Crippen molar-refractivity contribution in [2.45, 2.75) is 32.2 Å². The number of rotatable bonds is 6. The van der Waals surface area contributed by atoms with Crippen LogP contribution in [0.25, 0.3) is 28.4 Å². The third-order valence-electron chi connectivity index (χ3n) is 5.87. The lowest BCUT2D eigenvalue weighted by atomic mass is 10.0. The van der Waals surface area contributed by atoms with Gasteiger partial charge in [-0.3, -0.25) is 9.59 Å². The Hall–Kier alpha value is -3.41. The van der Waals surface area contributed by atoms with Gasteiger partial charge in [0.25, 0.3) is 0 Å². The second kappa shape index (κ2) is 9.16. The van der Waals surface area contributed by atoms with E-state index in [1.807, 2.05) is 55.6 Å². The standard InChI is InChI=1S/C25H27N3O3/c1-3-31-25(30)20-11-7-13-21(20)27-22(29)15-14-18-19-12-8-16-26-24(19)28(2)23(18)17-9-5-4-6-10-17/h4-6,8-10,12,14-16,20-21H,3,7,11,13H2,1-2H3,(H,27,29)/b15-14+. The number of aryl methyl sites for hydroxylation is 1. The Labute approximate surface area is 181 Å². The molecule has 3 aromatic rings. The van der Waals surface area contributed by atoms with Crippen molar-refractivity contribution in [2.75, 3.05) is 6.61 Å². The molecule has 2 atom stereocenters. The predicted molar refractivity (Wildman–Crippen MR) is 121 cm³/mol. The van der Waals surface area contributed by atoms with E-state index in [1.54, 1.807) is 19.2 Å². The number of fused-ring (bicyclic) bond motifs is 1. The van der Waals surface area contributed by atoms with Crippen molar-refractivity contribution in [3.63, 3.8) is 0 Å². The minimum Gasteiger partial charge on any atom is -0.466 e. The molecule has 1 aromatic carbocycles. The molecule has 0 aliphatic heterocycles. The van der Waals surface area contributed by atoms with Gasteiger partial charge in [-0.2, -0.15) is 0 Å². The number of carbonyl (C=O) groups is 2. The molecule has 1 saturated carbocycles. The van der Waals surface area contributed by atoms with E-state index in [1.165, 1.54) is 0 Å². The van der Waals surface area contributed by atoms with Gasteiger partial charge in [-0.15, -0.1) is 0 Å². The van der Waals surface area contributed by atoms with Gasteiger partial charge in [-0.25, -0.2) is 4.98 Å². The normalized spacial score (nSPS) is 18.5. The molecular formula is C25H27N3O3. The molecule has 1 aliphatic carbocycles. The number of hydrogen-bond acceptors (Lipinski definition) is 4. The lowest BCUT2D eigenvalue weighted by Gasteiger charge is -2.18. The van der Waals surface area contributed by atoms with E-state index in [4.69, 9.17) is 4.74 Å². The topological polar surface area (TPSA) is 73.2 Å². The van der Waals surface area contributed by atoms with Gasteiger partial charge < -0.3 is 14.6 Å². The van der Waals surface area contributed by atoms with Crippen molar-refractivity contribution in [1.29, 1.82) is 0 Å². The zero-order chi connectivity index (χ0) is 21.8. The van der Waals surface area contributed by atoms with E-state index in [9.17, 15) is 9.59 Å². The molecule has 1 fully saturated rings. The summed E-state index contributed by atoms with van der Waals surface area (Å²) in [6.45, 7) is 2.15. The Morgan fingerprint density at radius 3 is 2.77 bits per heavy atom. The van der Waals surface area contributed by atoms with E-state index in [2.05, 4.69) is 14.9 Å². The summed E-state index contributed by atoms with van der Waals surface area (Å²) in [5.74, 6) is -0.694. The van der Waals surface area contributed by atoms with E-state index in [0.29, 0.717) is 6.61 Å². The first-order valence-electron chi connectivity index (χ1n) is 10.7. The fourth-order valence-corrected chi connectivity index (χ4v) is 4.46. The number of benzene rings is 1. The summed E-state index contributed by atoms with van der Waals surface area (Å²) in [6, 6.07) is 13.8. The fourth-order valence-electron chi connectivity index (χ4n) is 4.46. The molecule has 0 saturated heterocycles. The Bertz CT molecular complexity index is 1120. The average molecular weight is 418 g/mol. The highest BCUT2D eigenvalue weighted by Gasteiger charge is 2.34. The molecule has 2 aromatic heterocycles. The molecule has 0 radical (unpaired) electrons. The van der Waals surface area contributed by atoms with E-state index in [-0.39, 0.29) is 23.8 Å². The van der Waals surface area contributed by atoms with Crippen molar-refractivity contribution in [1.82, 2.24) is 14.9 Å². The van der Waals surface area contributed by atoms with Crippen molar-refractivity contribution < 1.29 is 14.3 Å². The first-order chi connectivity index (χ1) is 15.1. The summed E-state index contributed by atoms with van der Waals surface area (Å²) in [5, 5.41) is 3.99. The highest BCUT2D eigenvalue weighted by atomic mass is 16.5. The summed E-state index contributed by atoms with van der Waals surface area (Å²) in [7, 11) is 1.98. The number of aromatic nitrogens is 2. The van der Waals surface area contributed by atoms with E-state index < -0.39 is 0 Å². The summed E-state index contributed by atoms with van der Waals surface area (Å²) < 4.78 is 7.22. The maximum atomic E-state index is 12.7. The van der Waals surface area contributed by atoms with Crippen LogP contribution in [0.1, 0.15) is 31.7 Å². The van der Waals surface area contributed by atoms with Gasteiger partial charge in [-0.1, -0.05) is 36.8 Å². The van der Waals surface area contributed by atoms with Crippen molar-refractivity contribution >= 4 is 29.0 Å². The molecule has 6 nitrogen and oxygen atoms in total. The van der Waals surface area contributed by atoms with Crippen LogP contribution in [-0.2, 0) is 21.4 Å². The second-order valence-corrected chi connectivity index (χ2v) is 7.80. The Kier molecular flexibility index (Phi) is 6.16. The van der Waals surface area contributed by atoms with Gasteiger partial charge in [-0.05, 0) is 43.5 Å². The SMILES string of the molecule is CCOC(=O)C1CCCC1NC(=O)/C=C/c1c(-c2ccccc2)n(C)c2ncccc12. The van der Waals surface area contributed by atoms with Gasteiger partial charge in [0.1, 0.15) is 5.65 Å². The van der Waals surface area contributed by atoms with Crippen LogP contribution < -0.4 is 5.32 Å². The number of hydrogen-bond donors (Lipinski definition) is 1. The van der Waals surface area contributed by atoms with Crippen LogP contribution in [0.4, 0.5) is 0 Å². The fraction of sp³-hybridized carbons (Fsp3) is 0.320. The zero-order valence-electron chi connectivity index (χ0n) is 17.9. The van der Waals surface area contributed by atoms with Crippen LogP contribution >= 0.6 is 0 Å². The van der Waals surface area contributed by atoms with Crippen LogP contribution in [0.2, 0.25) is 0 Å². The maximum Gasteiger partial charge on any atom is 0.311 e. The number of amides is 1. The van der Waals surface area contributed by atoms with Crippen molar-refractivity contribution in [2.24, 2.45) is 13.0 Å². The largest absolute Gasteiger partial charge is 0.466 e. The highest BCUT2D eigenvalue weighted by molar-refractivity contribution is 6.00. The molecule has 0 spiro atoms. The van der Waals surface area contributed by atoms with E-state index >= 15 is 0 Å². The minimum absolute atomic E-state index is 0.182. The quantitative estimate of drug-likeness (QED) is 0.484. The van der Waals surface area contributed by atoms with Crippen molar-refractivity contribution in [3.05, 3.63) is 60.3 Å². The lowest BCUT2D eigenvalue weighted by molar-refractivity contribution is -0.148. The third kappa shape index (κ3) is 4.24. The van der Waals surface area contributed by atoms with Gasteiger partial charge >= 0.3 is 5.97 Å². The van der Waals surface area contributed by atoms with Crippen LogP contribution in [0.15, 0.2) is 54.7 Å². The number of ether oxygens (including phenoxy) is 1. The second-order valence-electron chi connectivity index (χ2n) is 7.80. The van der Waals surface area contributed by atoms with Crippen LogP contribution in [0, 0.1) is 5.92 Å². The smallest absolute Gasteiger partial charge is 0.311 e. The molecule has 160 valence electrons. The summed E-state index contributed by atoms with van der Waals surface area (Å²) >= 11 is 0. The molecular weight excluding hydrogens is 390 g/mol. The summed E-state index contributed by atoms with van der Waals surface area (Å²) in [5.41, 5.74) is 3.87. The maximum absolute atomic E-state index is 12.7. The van der Waals surface area contributed by atoms with Gasteiger partial charge in [0.15, 0.2) is 0 Å². The average Bonchev–Trinajstić information content (AvgIpc) is 3.35. The van der Waals surface area contributed by atoms with E-state index in [0.717, 1.165) is 47.1 Å². The molecule has 0 bridgehead atoms. The number of nitrogens with zero attached hydrogens (tertiary/aromatic N) is 2. The molecule has 1 aliphatic rings. The third-order valence-corrected chi connectivity index (χ3v) is 5.87. The number of carbonyl (C=O) groups excluding carboxylic acids is 2. The molecule has 31 heavy (non-hydrogen) atoms.